The first-order valence-corrected chi connectivity index (χ1v) is 18.1. The fraction of sp³-hybridized carbons (Fsp3) is 0.487. The molecular weight excluding hydrogens is 648 g/mol. The Morgan fingerprint density at radius 2 is 1.61 bits per heavy atom. The van der Waals surface area contributed by atoms with Crippen molar-refractivity contribution in [2.24, 2.45) is 19.5 Å². The van der Waals surface area contributed by atoms with Crippen molar-refractivity contribution in [2.45, 2.75) is 64.0 Å². The lowest BCUT2D eigenvalue weighted by molar-refractivity contribution is -0.135. The zero-order valence-electron chi connectivity index (χ0n) is 29.9. The molecule has 12 heteroatoms. The highest BCUT2D eigenvalue weighted by Gasteiger charge is 2.41. The largest absolute Gasteiger partial charge is 0.496 e. The fourth-order valence-electron chi connectivity index (χ4n) is 9.28. The minimum atomic E-state index is -0.703. The van der Waals surface area contributed by atoms with Crippen molar-refractivity contribution in [3.8, 4) is 22.6 Å². The number of aromatic nitrogens is 3. The Kier molecular flexibility index (Phi) is 8.32. The van der Waals surface area contributed by atoms with E-state index >= 15 is 0 Å². The van der Waals surface area contributed by atoms with E-state index in [4.69, 9.17) is 9.47 Å². The number of aryl methyl sites for hydroxylation is 2. The SMILES string of the molecule is COc1cc(-c2cn(C)c(=O)c3c2CCC3)cc(OC)c1CN1CCC2(CCN(c3cccc4c3n(C)c(=O)n4C3CCC(=O)NC3=O)CC2)C1. The highest BCUT2D eigenvalue weighted by Crippen LogP contribution is 2.45. The summed E-state index contributed by atoms with van der Waals surface area (Å²) in [6, 6.07) is 9.42. The number of nitrogens with zero attached hydrogens (tertiary/aromatic N) is 5. The predicted molar refractivity (Wildman–Crippen MR) is 195 cm³/mol. The molecule has 0 bridgehead atoms. The van der Waals surface area contributed by atoms with Crippen molar-refractivity contribution in [1.82, 2.24) is 23.9 Å². The van der Waals surface area contributed by atoms with Crippen LogP contribution in [0.4, 0.5) is 5.69 Å². The zero-order chi connectivity index (χ0) is 35.6. The number of fused-ring (bicyclic) bond motifs is 2. The molecule has 1 spiro atoms. The number of pyridine rings is 1. The molecule has 3 fully saturated rings. The Balaban J connectivity index is 1.000. The van der Waals surface area contributed by atoms with Gasteiger partial charge in [0.15, 0.2) is 0 Å². The molecule has 2 aromatic heterocycles. The lowest BCUT2D eigenvalue weighted by atomic mass is 9.77. The molecule has 1 atom stereocenters. The van der Waals surface area contributed by atoms with Crippen LogP contribution in [0.25, 0.3) is 22.2 Å². The molecule has 1 unspecified atom stereocenters. The smallest absolute Gasteiger partial charge is 0.329 e. The molecule has 3 aliphatic heterocycles. The van der Waals surface area contributed by atoms with Gasteiger partial charge in [0.05, 0.1) is 36.5 Å². The van der Waals surface area contributed by atoms with Crippen molar-refractivity contribution in [2.75, 3.05) is 45.3 Å². The highest BCUT2D eigenvalue weighted by molar-refractivity contribution is 6.00. The summed E-state index contributed by atoms with van der Waals surface area (Å²) < 4.78 is 16.9. The summed E-state index contributed by atoms with van der Waals surface area (Å²) in [5.74, 6) is 0.873. The van der Waals surface area contributed by atoms with Crippen molar-refractivity contribution in [1.29, 1.82) is 0 Å². The quantitative estimate of drug-likeness (QED) is 0.291. The summed E-state index contributed by atoms with van der Waals surface area (Å²) in [5.41, 5.74) is 7.78. The first-order valence-electron chi connectivity index (χ1n) is 18.1. The van der Waals surface area contributed by atoms with Crippen LogP contribution in [0.2, 0.25) is 0 Å². The van der Waals surface area contributed by atoms with E-state index in [-0.39, 0.29) is 29.0 Å². The Hall–Kier alpha value is -4.84. The lowest BCUT2D eigenvalue weighted by Gasteiger charge is -2.40. The maximum absolute atomic E-state index is 13.5. The molecule has 5 heterocycles. The van der Waals surface area contributed by atoms with Crippen LogP contribution in [0.5, 0.6) is 11.5 Å². The summed E-state index contributed by atoms with van der Waals surface area (Å²) in [5, 5.41) is 2.40. The summed E-state index contributed by atoms with van der Waals surface area (Å²) in [6.45, 7) is 4.43. The Morgan fingerprint density at radius 1 is 0.902 bits per heavy atom. The van der Waals surface area contributed by atoms with Crippen LogP contribution in [0.1, 0.15) is 61.3 Å². The molecule has 2 aromatic carbocycles. The summed E-state index contributed by atoms with van der Waals surface area (Å²) in [4.78, 5) is 55.7. The molecule has 1 aliphatic carbocycles. The molecular formula is C39H46N6O6. The normalized spacial score (nSPS) is 20.3. The van der Waals surface area contributed by atoms with Crippen LogP contribution < -0.4 is 30.9 Å². The van der Waals surface area contributed by atoms with Crippen LogP contribution in [-0.4, -0.2) is 70.8 Å². The van der Waals surface area contributed by atoms with Crippen LogP contribution in [0.3, 0.4) is 0 Å². The first kappa shape index (κ1) is 33.3. The number of para-hydroxylation sites is 1. The molecule has 51 heavy (non-hydrogen) atoms. The van der Waals surface area contributed by atoms with Gasteiger partial charge in [-0.25, -0.2) is 4.79 Å². The minimum Gasteiger partial charge on any atom is -0.496 e. The minimum absolute atomic E-state index is 0.0992. The number of rotatable bonds is 7. The lowest BCUT2D eigenvalue weighted by Crippen LogP contribution is -2.44. The third-order valence-electron chi connectivity index (χ3n) is 12.0. The van der Waals surface area contributed by atoms with Gasteiger partial charge < -0.3 is 18.9 Å². The summed E-state index contributed by atoms with van der Waals surface area (Å²) in [7, 11) is 7.01. The van der Waals surface area contributed by atoms with E-state index < -0.39 is 11.9 Å². The van der Waals surface area contributed by atoms with E-state index in [1.807, 2.05) is 25.4 Å². The van der Waals surface area contributed by atoms with Gasteiger partial charge in [-0.05, 0) is 92.3 Å². The number of imidazole rings is 1. The number of benzene rings is 2. The number of hydrogen-bond acceptors (Lipinski definition) is 8. The number of anilines is 1. The number of amides is 2. The van der Waals surface area contributed by atoms with E-state index in [1.165, 1.54) is 0 Å². The van der Waals surface area contributed by atoms with Crippen LogP contribution in [0.15, 0.2) is 46.1 Å². The maximum Gasteiger partial charge on any atom is 0.329 e. The second-order valence-electron chi connectivity index (χ2n) is 14.9. The van der Waals surface area contributed by atoms with Gasteiger partial charge in [0, 0.05) is 64.0 Å². The molecule has 12 nitrogen and oxygen atoms in total. The molecule has 8 rings (SSSR count). The van der Waals surface area contributed by atoms with Crippen molar-refractivity contribution < 1.29 is 19.1 Å². The number of piperidine rings is 2. The van der Waals surface area contributed by atoms with Crippen LogP contribution in [0, 0.1) is 5.41 Å². The maximum atomic E-state index is 13.5. The molecule has 268 valence electrons. The van der Waals surface area contributed by atoms with Gasteiger partial charge in [-0.1, -0.05) is 6.07 Å². The molecule has 0 radical (unpaired) electrons. The highest BCUT2D eigenvalue weighted by atomic mass is 16.5. The second-order valence-corrected chi connectivity index (χ2v) is 14.9. The number of hydrogen-bond donors (Lipinski definition) is 1. The number of methoxy groups -OCH3 is 2. The first-order chi connectivity index (χ1) is 24.6. The third kappa shape index (κ3) is 5.55. The van der Waals surface area contributed by atoms with E-state index in [1.54, 1.807) is 35.0 Å². The second kappa shape index (κ2) is 12.7. The molecule has 4 aliphatic rings. The van der Waals surface area contributed by atoms with Gasteiger partial charge in [-0.2, -0.15) is 0 Å². The number of nitrogens with one attached hydrogen (secondary N) is 1. The summed E-state index contributed by atoms with van der Waals surface area (Å²) >= 11 is 0. The molecule has 4 aromatic rings. The number of carbonyl (C=O) groups excluding carboxylic acids is 2. The van der Waals surface area contributed by atoms with Gasteiger partial charge in [-0.3, -0.25) is 33.7 Å². The number of ether oxygens (including phenoxy) is 2. The topological polar surface area (TPSA) is 120 Å². The molecule has 3 saturated heterocycles. The van der Waals surface area contributed by atoms with Gasteiger partial charge >= 0.3 is 5.69 Å². The van der Waals surface area contributed by atoms with Gasteiger partial charge in [0.2, 0.25) is 11.8 Å². The van der Waals surface area contributed by atoms with Crippen molar-refractivity contribution in [3.05, 3.63) is 74.1 Å². The average molecular weight is 695 g/mol. The van der Waals surface area contributed by atoms with Crippen LogP contribution in [-0.2, 0) is 43.1 Å². The van der Waals surface area contributed by atoms with Crippen molar-refractivity contribution >= 4 is 28.5 Å². The molecule has 2 amide bonds. The van der Waals surface area contributed by atoms with Crippen LogP contribution >= 0.6 is 0 Å². The zero-order valence-corrected chi connectivity index (χ0v) is 29.9. The molecule has 1 N–H and O–H groups in total. The number of imide groups is 1. The van der Waals surface area contributed by atoms with E-state index in [0.717, 1.165) is 127 Å². The molecule has 0 saturated carbocycles. The standard InChI is InChI=1S/C39H46N6O6/c1-41-21-27(25-7-5-8-26(25)37(41)48)24-19-32(50-3)28(33(20-24)51-4)22-43-16-13-39(23-43)14-17-44(18-15-39)29-9-6-10-30-35(29)42(2)38(49)45(30)31-11-12-34(46)40-36(31)47/h6,9-10,19-21,31H,5,7-8,11-18,22-23H2,1-4H3,(H,40,46,47). The predicted octanol–water partition coefficient (Wildman–Crippen LogP) is 3.68. The van der Waals surface area contributed by atoms with Gasteiger partial charge in [0.1, 0.15) is 17.5 Å². The van der Waals surface area contributed by atoms with Gasteiger partial charge in [0.25, 0.3) is 5.56 Å². The summed E-state index contributed by atoms with van der Waals surface area (Å²) in [6.07, 6.45) is 8.39. The number of carbonyl (C=O) groups is 2. The van der Waals surface area contributed by atoms with Crippen molar-refractivity contribution in [3.63, 3.8) is 0 Å². The Morgan fingerprint density at radius 3 is 2.31 bits per heavy atom. The monoisotopic (exact) mass is 694 g/mol. The number of likely N-dealkylation sites (tertiary alicyclic amines) is 1. The van der Waals surface area contributed by atoms with E-state index in [0.29, 0.717) is 6.42 Å². The average Bonchev–Trinajstić information content (AvgIpc) is 3.84. The third-order valence-corrected chi connectivity index (χ3v) is 12.0. The Labute approximate surface area is 296 Å². The van der Waals surface area contributed by atoms with Gasteiger partial charge in [-0.15, -0.1) is 0 Å². The Bertz CT molecular complexity index is 2160. The van der Waals surface area contributed by atoms with E-state index in [9.17, 15) is 19.2 Å². The fourth-order valence-corrected chi connectivity index (χ4v) is 9.28. The van der Waals surface area contributed by atoms with E-state index in [2.05, 4.69) is 33.3 Å².